The molecule has 3 heterocycles. The van der Waals surface area contributed by atoms with E-state index >= 15 is 0 Å². The number of halogens is 1. The van der Waals surface area contributed by atoms with Crippen molar-refractivity contribution in [1.29, 1.82) is 0 Å². The molecule has 0 spiro atoms. The number of amides is 1. The zero-order valence-electron chi connectivity index (χ0n) is 15.3. The lowest BCUT2D eigenvalue weighted by Crippen LogP contribution is -2.38. The molecule has 27 heavy (non-hydrogen) atoms. The van der Waals surface area contributed by atoms with Crippen LogP contribution in [0, 0.1) is 6.92 Å². The van der Waals surface area contributed by atoms with Crippen LogP contribution in [0.15, 0.2) is 24.3 Å². The minimum Gasteiger partial charge on any atom is -0.376 e. The largest absolute Gasteiger partial charge is 0.376 e. The van der Waals surface area contributed by atoms with Crippen molar-refractivity contribution in [1.82, 2.24) is 14.8 Å². The van der Waals surface area contributed by atoms with E-state index in [9.17, 15) is 4.79 Å². The van der Waals surface area contributed by atoms with Gasteiger partial charge in [0.25, 0.3) is 5.91 Å². The highest BCUT2D eigenvalue weighted by Crippen LogP contribution is 2.34. The normalized spacial score (nSPS) is 16.9. The Labute approximate surface area is 166 Å². The molecule has 6 nitrogen and oxygen atoms in total. The summed E-state index contributed by atoms with van der Waals surface area (Å²) in [7, 11) is 0. The van der Waals surface area contributed by atoms with Crippen molar-refractivity contribution in [3.63, 3.8) is 0 Å². The fourth-order valence-corrected chi connectivity index (χ4v) is 4.63. The Kier molecular flexibility index (Phi) is 5.16. The van der Waals surface area contributed by atoms with Gasteiger partial charge in [-0.25, -0.2) is 4.98 Å². The second-order valence-corrected chi connectivity index (χ2v) is 8.04. The number of hydrogen-bond acceptors (Lipinski definition) is 5. The van der Waals surface area contributed by atoms with Gasteiger partial charge in [0.15, 0.2) is 5.13 Å². The number of rotatable bonds is 5. The molecule has 2 aromatic heterocycles. The maximum Gasteiger partial charge on any atom is 0.278 e. The molecule has 3 aromatic rings. The number of carbonyl (C=O) groups is 1. The number of ether oxygens (including phenoxy) is 1. The van der Waals surface area contributed by atoms with Gasteiger partial charge in [-0.3, -0.25) is 14.4 Å². The smallest absolute Gasteiger partial charge is 0.278 e. The zero-order valence-corrected chi connectivity index (χ0v) is 16.9. The third kappa shape index (κ3) is 3.59. The Morgan fingerprint density at radius 3 is 3.04 bits per heavy atom. The molecule has 142 valence electrons. The van der Waals surface area contributed by atoms with Crippen LogP contribution in [-0.4, -0.2) is 39.9 Å². The van der Waals surface area contributed by atoms with Crippen molar-refractivity contribution in [2.75, 3.05) is 18.1 Å². The first kappa shape index (κ1) is 18.4. The van der Waals surface area contributed by atoms with E-state index in [-0.39, 0.29) is 12.0 Å². The van der Waals surface area contributed by atoms with E-state index in [0.717, 1.165) is 35.4 Å². The highest BCUT2D eigenvalue weighted by atomic mass is 35.5. The van der Waals surface area contributed by atoms with E-state index in [2.05, 4.69) is 10.1 Å². The molecular weight excluding hydrogens is 384 g/mol. The topological polar surface area (TPSA) is 60.2 Å². The summed E-state index contributed by atoms with van der Waals surface area (Å²) in [5.41, 5.74) is 2.12. The first-order valence-corrected chi connectivity index (χ1v) is 10.3. The molecule has 0 bridgehead atoms. The molecule has 0 aliphatic carbocycles. The van der Waals surface area contributed by atoms with Crippen molar-refractivity contribution >= 4 is 44.2 Å². The van der Waals surface area contributed by atoms with Gasteiger partial charge in [0.05, 0.1) is 28.1 Å². The number of hydrogen-bond donors (Lipinski definition) is 0. The summed E-state index contributed by atoms with van der Waals surface area (Å²) in [5.74, 6) is -0.108. The molecule has 0 saturated carbocycles. The van der Waals surface area contributed by atoms with Gasteiger partial charge in [0.2, 0.25) is 0 Å². The summed E-state index contributed by atoms with van der Waals surface area (Å²) in [4.78, 5) is 19.8. The molecule has 0 N–H and O–H groups in total. The Hall–Kier alpha value is -1.96. The molecule has 1 atom stereocenters. The number of thiazole rings is 1. The van der Waals surface area contributed by atoms with E-state index in [1.54, 1.807) is 9.58 Å². The van der Waals surface area contributed by atoms with Gasteiger partial charge < -0.3 is 4.74 Å². The fraction of sp³-hybridized carbons (Fsp3) is 0.421. The number of carbonyl (C=O) groups excluding carboxylic acids is 1. The van der Waals surface area contributed by atoms with Crippen LogP contribution in [-0.2, 0) is 11.3 Å². The summed E-state index contributed by atoms with van der Waals surface area (Å²) < 4.78 is 8.48. The van der Waals surface area contributed by atoms with Gasteiger partial charge in [-0.05, 0) is 44.9 Å². The minimum absolute atomic E-state index is 0.0236. The summed E-state index contributed by atoms with van der Waals surface area (Å²) in [6, 6.07) is 7.51. The predicted octanol–water partition coefficient (Wildman–Crippen LogP) is 4.30. The summed E-state index contributed by atoms with van der Waals surface area (Å²) in [5, 5.41) is 5.65. The van der Waals surface area contributed by atoms with Gasteiger partial charge in [0.1, 0.15) is 11.2 Å². The Morgan fingerprint density at radius 1 is 1.48 bits per heavy atom. The highest BCUT2D eigenvalue weighted by molar-refractivity contribution is 7.22. The molecule has 1 fully saturated rings. The lowest BCUT2D eigenvalue weighted by atomic mass is 10.2. The van der Waals surface area contributed by atoms with Crippen LogP contribution in [0.5, 0.6) is 0 Å². The van der Waals surface area contributed by atoms with E-state index in [4.69, 9.17) is 16.3 Å². The Bertz CT molecular complexity index is 977. The van der Waals surface area contributed by atoms with Crippen molar-refractivity contribution in [2.24, 2.45) is 0 Å². The fourth-order valence-electron chi connectivity index (χ4n) is 3.36. The number of nitrogens with zero attached hydrogens (tertiary/aromatic N) is 4. The molecule has 1 aromatic carbocycles. The second kappa shape index (κ2) is 7.58. The quantitative estimate of drug-likeness (QED) is 0.636. The monoisotopic (exact) mass is 404 g/mol. The Balaban J connectivity index is 1.75. The number of aryl methyl sites for hydroxylation is 2. The molecule has 1 unspecified atom stereocenters. The first-order valence-electron chi connectivity index (χ1n) is 9.09. The molecule has 4 rings (SSSR count). The first-order chi connectivity index (χ1) is 13.1. The van der Waals surface area contributed by atoms with Crippen LogP contribution >= 0.6 is 22.9 Å². The standard InChI is InChI=1S/C19H21ClN4O2S/c1-3-24-15(10-12(2)22-24)18(25)23(11-13-6-5-9-26-13)19-21-17-14(20)7-4-8-16(17)27-19/h4,7-8,10,13H,3,5-6,9,11H2,1-2H3. The minimum atomic E-state index is -0.108. The van der Waals surface area contributed by atoms with E-state index in [1.807, 2.05) is 38.1 Å². The molecule has 1 aliphatic heterocycles. The van der Waals surface area contributed by atoms with Crippen molar-refractivity contribution in [3.8, 4) is 0 Å². The second-order valence-electron chi connectivity index (χ2n) is 6.62. The molecule has 1 aliphatic rings. The van der Waals surface area contributed by atoms with E-state index in [0.29, 0.717) is 28.9 Å². The third-order valence-corrected chi connectivity index (χ3v) is 6.01. The van der Waals surface area contributed by atoms with Gasteiger partial charge in [-0.15, -0.1) is 0 Å². The summed E-state index contributed by atoms with van der Waals surface area (Å²) in [6.45, 7) is 5.72. The maximum absolute atomic E-state index is 13.4. The number of para-hydroxylation sites is 1. The van der Waals surface area contributed by atoms with Crippen LogP contribution in [0.2, 0.25) is 5.02 Å². The van der Waals surface area contributed by atoms with E-state index < -0.39 is 0 Å². The van der Waals surface area contributed by atoms with Crippen LogP contribution < -0.4 is 4.90 Å². The van der Waals surface area contributed by atoms with Crippen LogP contribution in [0.4, 0.5) is 5.13 Å². The number of fused-ring (bicyclic) bond motifs is 1. The van der Waals surface area contributed by atoms with Gasteiger partial charge in [0, 0.05) is 13.2 Å². The maximum atomic E-state index is 13.4. The molecule has 0 radical (unpaired) electrons. The van der Waals surface area contributed by atoms with Crippen molar-refractivity contribution < 1.29 is 9.53 Å². The summed E-state index contributed by atoms with van der Waals surface area (Å²) >= 11 is 7.77. The molecule has 1 saturated heterocycles. The number of aromatic nitrogens is 3. The van der Waals surface area contributed by atoms with Crippen LogP contribution in [0.25, 0.3) is 10.2 Å². The Morgan fingerprint density at radius 2 is 2.33 bits per heavy atom. The highest BCUT2D eigenvalue weighted by Gasteiger charge is 2.29. The van der Waals surface area contributed by atoms with Crippen LogP contribution in [0.3, 0.4) is 0 Å². The SMILES string of the molecule is CCn1nc(C)cc1C(=O)N(CC1CCCO1)c1nc2c(Cl)cccc2s1. The van der Waals surface area contributed by atoms with Crippen LogP contribution in [0.1, 0.15) is 35.9 Å². The molecule has 1 amide bonds. The average molecular weight is 405 g/mol. The van der Waals surface area contributed by atoms with E-state index in [1.165, 1.54) is 11.3 Å². The summed E-state index contributed by atoms with van der Waals surface area (Å²) in [6.07, 6.45) is 1.99. The lowest BCUT2D eigenvalue weighted by molar-refractivity contribution is 0.0908. The van der Waals surface area contributed by atoms with Crippen molar-refractivity contribution in [3.05, 3.63) is 40.7 Å². The number of anilines is 1. The third-order valence-electron chi connectivity index (χ3n) is 4.67. The van der Waals surface area contributed by atoms with Crippen molar-refractivity contribution in [2.45, 2.75) is 39.3 Å². The lowest BCUT2D eigenvalue weighted by Gasteiger charge is -2.23. The zero-order chi connectivity index (χ0) is 19.0. The van der Waals surface area contributed by atoms with Gasteiger partial charge in [-0.1, -0.05) is 29.0 Å². The average Bonchev–Trinajstić information content (AvgIpc) is 3.38. The molecular formula is C19H21ClN4O2S. The predicted molar refractivity (Wildman–Crippen MR) is 108 cm³/mol. The number of benzene rings is 1. The molecule has 8 heteroatoms. The van der Waals surface area contributed by atoms with Gasteiger partial charge >= 0.3 is 0 Å². The van der Waals surface area contributed by atoms with Gasteiger partial charge in [-0.2, -0.15) is 5.10 Å².